The summed E-state index contributed by atoms with van der Waals surface area (Å²) in [6.45, 7) is 0.468. The first-order valence-corrected chi connectivity index (χ1v) is 13.8. The molecule has 16 heteroatoms. The van der Waals surface area contributed by atoms with Gasteiger partial charge in [0.15, 0.2) is 5.69 Å². The normalized spacial score (nSPS) is 16.3. The molecule has 0 bridgehead atoms. The highest BCUT2D eigenvalue weighted by atomic mass is 35.5. The number of pyridine rings is 1. The van der Waals surface area contributed by atoms with Gasteiger partial charge in [-0.15, -0.1) is 0 Å². The SMILES string of the molecule is Cn1ncc(C(=O)N2CCc3cc(S(=O)(=O)N4CCN(c5cc(C(F)(F)F)cc(Cl)n5)CC4)ccc32)c1C(=O)O. The van der Waals surface area contributed by atoms with Gasteiger partial charge in [-0.1, -0.05) is 11.6 Å². The van der Waals surface area contributed by atoms with E-state index in [1.807, 2.05) is 0 Å². The highest BCUT2D eigenvalue weighted by molar-refractivity contribution is 7.89. The van der Waals surface area contributed by atoms with Crippen molar-refractivity contribution in [3.05, 3.63) is 64.1 Å². The molecule has 212 valence electrons. The van der Waals surface area contributed by atoms with Gasteiger partial charge < -0.3 is 14.9 Å². The molecular weight excluding hydrogens is 577 g/mol. The van der Waals surface area contributed by atoms with E-state index in [0.717, 1.165) is 16.8 Å². The van der Waals surface area contributed by atoms with Gasteiger partial charge in [-0.25, -0.2) is 18.2 Å². The van der Waals surface area contributed by atoms with Gasteiger partial charge in [0.2, 0.25) is 10.0 Å². The van der Waals surface area contributed by atoms with Crippen LogP contribution < -0.4 is 9.80 Å². The summed E-state index contributed by atoms with van der Waals surface area (Å²) >= 11 is 5.79. The number of anilines is 2. The summed E-state index contributed by atoms with van der Waals surface area (Å²) in [4.78, 5) is 31.6. The summed E-state index contributed by atoms with van der Waals surface area (Å²) < 4.78 is 68.7. The molecule has 0 saturated carbocycles. The molecule has 0 spiro atoms. The largest absolute Gasteiger partial charge is 0.477 e. The van der Waals surface area contributed by atoms with Crippen LogP contribution in [0.25, 0.3) is 0 Å². The van der Waals surface area contributed by atoms with Crippen molar-refractivity contribution in [3.8, 4) is 0 Å². The smallest absolute Gasteiger partial charge is 0.416 e. The monoisotopic (exact) mass is 598 g/mol. The lowest BCUT2D eigenvalue weighted by molar-refractivity contribution is -0.137. The van der Waals surface area contributed by atoms with Crippen molar-refractivity contribution in [2.75, 3.05) is 42.5 Å². The van der Waals surface area contributed by atoms with Crippen LogP contribution in [-0.4, -0.2) is 77.2 Å². The van der Waals surface area contributed by atoms with Crippen molar-refractivity contribution in [1.29, 1.82) is 0 Å². The van der Waals surface area contributed by atoms with Crippen molar-refractivity contribution in [2.45, 2.75) is 17.5 Å². The number of rotatable bonds is 5. The number of amides is 1. The number of carbonyl (C=O) groups excluding carboxylic acids is 1. The molecule has 0 radical (unpaired) electrons. The van der Waals surface area contributed by atoms with Gasteiger partial charge in [0.05, 0.1) is 22.2 Å². The third kappa shape index (κ3) is 4.99. The van der Waals surface area contributed by atoms with E-state index in [9.17, 15) is 36.3 Å². The average molecular weight is 599 g/mol. The third-order valence-electron chi connectivity index (χ3n) is 6.87. The van der Waals surface area contributed by atoms with Gasteiger partial charge >= 0.3 is 12.1 Å². The number of nitrogens with zero attached hydrogens (tertiary/aromatic N) is 6. The Bertz CT molecular complexity index is 1620. The van der Waals surface area contributed by atoms with E-state index in [-0.39, 0.29) is 59.8 Å². The molecule has 0 aliphatic carbocycles. The Balaban J connectivity index is 1.32. The van der Waals surface area contributed by atoms with Crippen molar-refractivity contribution >= 4 is 45.0 Å². The first-order valence-electron chi connectivity index (χ1n) is 12.0. The maximum Gasteiger partial charge on any atom is 0.416 e. The molecule has 1 saturated heterocycles. The van der Waals surface area contributed by atoms with Crippen LogP contribution in [0.2, 0.25) is 5.15 Å². The lowest BCUT2D eigenvalue weighted by Gasteiger charge is -2.35. The Labute approximate surface area is 231 Å². The fourth-order valence-corrected chi connectivity index (χ4v) is 6.54. The van der Waals surface area contributed by atoms with Crippen LogP contribution in [0, 0.1) is 0 Å². The molecule has 11 nitrogen and oxygen atoms in total. The van der Waals surface area contributed by atoms with Crippen LogP contribution in [0.5, 0.6) is 0 Å². The lowest BCUT2D eigenvalue weighted by Crippen LogP contribution is -2.49. The first kappa shape index (κ1) is 27.9. The van der Waals surface area contributed by atoms with Crippen LogP contribution in [0.15, 0.2) is 41.4 Å². The van der Waals surface area contributed by atoms with Gasteiger partial charge in [0, 0.05) is 45.5 Å². The molecule has 1 aromatic carbocycles. The predicted octanol–water partition coefficient (Wildman–Crippen LogP) is 2.90. The summed E-state index contributed by atoms with van der Waals surface area (Å²) in [6.07, 6.45) is -3.05. The van der Waals surface area contributed by atoms with E-state index in [2.05, 4.69) is 10.1 Å². The second-order valence-corrected chi connectivity index (χ2v) is 11.6. The summed E-state index contributed by atoms with van der Waals surface area (Å²) in [6, 6.07) is 5.99. The number of carboxylic acids is 1. The number of aromatic nitrogens is 3. The fourth-order valence-electron chi connectivity index (χ4n) is 4.86. The number of halogens is 4. The maximum atomic E-state index is 13.4. The third-order valence-corrected chi connectivity index (χ3v) is 8.96. The predicted molar refractivity (Wildman–Crippen MR) is 137 cm³/mol. The lowest BCUT2D eigenvalue weighted by atomic mass is 10.1. The summed E-state index contributed by atoms with van der Waals surface area (Å²) in [5.74, 6) is -1.84. The van der Waals surface area contributed by atoms with Crippen LogP contribution in [0.4, 0.5) is 24.7 Å². The second-order valence-electron chi connectivity index (χ2n) is 9.26. The van der Waals surface area contributed by atoms with Crippen molar-refractivity contribution < 1.29 is 36.3 Å². The molecule has 5 rings (SSSR count). The minimum Gasteiger partial charge on any atom is -0.477 e. The highest BCUT2D eigenvalue weighted by Crippen LogP contribution is 2.35. The van der Waals surface area contributed by atoms with Crippen LogP contribution in [0.1, 0.15) is 32.0 Å². The van der Waals surface area contributed by atoms with Crippen LogP contribution in [0.3, 0.4) is 0 Å². The Hall–Kier alpha value is -3.69. The van der Waals surface area contributed by atoms with E-state index in [1.165, 1.54) is 40.6 Å². The highest BCUT2D eigenvalue weighted by Gasteiger charge is 2.35. The molecular formula is C24H22ClF3N6O5S. The topological polar surface area (TPSA) is 129 Å². The van der Waals surface area contributed by atoms with E-state index in [0.29, 0.717) is 17.7 Å². The summed E-state index contributed by atoms with van der Waals surface area (Å²) in [5.41, 5.74) is -0.183. The zero-order chi connectivity index (χ0) is 29.0. The number of aromatic carboxylic acids is 1. The van der Waals surface area contributed by atoms with E-state index < -0.39 is 33.6 Å². The molecule has 2 aliphatic rings. The Morgan fingerprint density at radius 1 is 1.05 bits per heavy atom. The molecule has 0 atom stereocenters. The quantitative estimate of drug-likeness (QED) is 0.444. The van der Waals surface area contributed by atoms with Crippen LogP contribution >= 0.6 is 11.6 Å². The number of benzene rings is 1. The minimum absolute atomic E-state index is 0.0124. The number of fused-ring (bicyclic) bond motifs is 1. The van der Waals surface area contributed by atoms with E-state index in [4.69, 9.17) is 11.6 Å². The number of sulfonamides is 1. The van der Waals surface area contributed by atoms with Gasteiger partial charge in [-0.3, -0.25) is 9.48 Å². The Kier molecular flexibility index (Phi) is 7.00. The number of alkyl halides is 3. The van der Waals surface area contributed by atoms with Gasteiger partial charge in [0.25, 0.3) is 5.91 Å². The number of hydrogen-bond acceptors (Lipinski definition) is 7. The molecule has 40 heavy (non-hydrogen) atoms. The number of carboxylic acid groups (broad SMARTS) is 1. The molecule has 2 aromatic heterocycles. The van der Waals surface area contributed by atoms with Crippen molar-refractivity contribution in [2.24, 2.45) is 7.05 Å². The number of carbonyl (C=O) groups is 2. The fraction of sp³-hybridized carbons (Fsp3) is 0.333. The Morgan fingerprint density at radius 3 is 2.40 bits per heavy atom. The molecule has 1 amide bonds. The standard InChI is InChI=1S/C24H22ClF3N6O5S/c1-31-21(23(36)37)17(13-29-31)22(35)34-5-4-14-10-16(2-3-18(14)34)40(38,39)33-8-6-32(7-9-33)20-12-15(24(26,27)28)11-19(25)30-20/h2-3,10-13H,4-9H2,1H3,(H,36,37). The van der Waals surface area contributed by atoms with Crippen molar-refractivity contribution in [3.63, 3.8) is 0 Å². The molecule has 1 fully saturated rings. The molecule has 3 aromatic rings. The van der Waals surface area contributed by atoms with Gasteiger partial charge in [-0.05, 0) is 42.3 Å². The van der Waals surface area contributed by atoms with Gasteiger partial charge in [-0.2, -0.15) is 22.6 Å². The molecule has 4 heterocycles. The second kappa shape index (κ2) is 10.1. The van der Waals surface area contributed by atoms with Crippen LogP contribution in [-0.2, 0) is 29.7 Å². The number of aryl methyl sites for hydroxylation is 1. The first-order chi connectivity index (χ1) is 18.8. The number of piperazine rings is 1. The molecule has 0 unspecified atom stereocenters. The Morgan fingerprint density at radius 2 is 1.75 bits per heavy atom. The zero-order valence-corrected chi connectivity index (χ0v) is 22.5. The number of hydrogen-bond donors (Lipinski definition) is 1. The van der Waals surface area contributed by atoms with Gasteiger partial charge in [0.1, 0.15) is 11.0 Å². The summed E-state index contributed by atoms with van der Waals surface area (Å²) in [5, 5.41) is 13.0. The minimum atomic E-state index is -4.60. The summed E-state index contributed by atoms with van der Waals surface area (Å²) in [7, 11) is -2.53. The van der Waals surface area contributed by atoms with Crippen molar-refractivity contribution in [1.82, 2.24) is 19.1 Å². The van der Waals surface area contributed by atoms with E-state index >= 15 is 0 Å². The maximum absolute atomic E-state index is 13.4. The molecule has 2 aliphatic heterocycles. The zero-order valence-electron chi connectivity index (χ0n) is 20.9. The average Bonchev–Trinajstić information content (AvgIpc) is 3.50. The van der Waals surface area contributed by atoms with E-state index in [1.54, 1.807) is 4.90 Å². The molecule has 1 N–H and O–H groups in total.